The first-order chi connectivity index (χ1) is 8.71. The average Bonchev–Trinajstić information content (AvgIpc) is 2.33. The van der Waals surface area contributed by atoms with E-state index < -0.39 is 17.9 Å². The maximum absolute atomic E-state index is 13.8. The number of anilines is 1. The molecule has 0 saturated heterocycles. The lowest BCUT2D eigenvalue weighted by molar-refractivity contribution is -0.174. The minimum Gasteiger partial charge on any atom is -0.462 e. The van der Waals surface area contributed by atoms with Crippen LogP contribution in [-0.2, 0) is 9.53 Å². The van der Waals surface area contributed by atoms with Gasteiger partial charge >= 0.3 is 11.9 Å². The van der Waals surface area contributed by atoms with Crippen LogP contribution >= 0.6 is 31.9 Å². The fourth-order valence-electron chi connectivity index (χ4n) is 1.41. The number of nitrogen functional groups attached to an aromatic ring is 1. The Balaban J connectivity index is 3.19. The van der Waals surface area contributed by atoms with Crippen LogP contribution in [0.2, 0.25) is 0 Å². The van der Waals surface area contributed by atoms with Gasteiger partial charge < -0.3 is 16.2 Å². The predicted molar refractivity (Wildman–Crippen MR) is 74.8 cm³/mol. The Hall–Kier alpha value is -0.730. The molecule has 4 N–H and O–H groups in total. The number of carbonyl (C=O) groups is 1. The molecular formula is C11H12Br2F2N2O2. The molecule has 1 rings (SSSR count). The third-order valence-corrected chi connectivity index (χ3v) is 3.51. The third kappa shape index (κ3) is 3.43. The van der Waals surface area contributed by atoms with Gasteiger partial charge in [-0.3, -0.25) is 0 Å². The molecule has 106 valence electrons. The number of rotatable bonds is 4. The van der Waals surface area contributed by atoms with Gasteiger partial charge in [0.1, 0.15) is 6.04 Å². The summed E-state index contributed by atoms with van der Waals surface area (Å²) in [7, 11) is 0. The van der Waals surface area contributed by atoms with E-state index in [2.05, 4.69) is 36.6 Å². The Labute approximate surface area is 125 Å². The number of hydrogen-bond acceptors (Lipinski definition) is 4. The van der Waals surface area contributed by atoms with Crippen LogP contribution in [-0.4, -0.2) is 18.5 Å². The Bertz CT molecular complexity index is 498. The number of hydrogen-bond donors (Lipinski definition) is 2. The van der Waals surface area contributed by atoms with E-state index in [-0.39, 0.29) is 17.9 Å². The zero-order valence-corrected chi connectivity index (χ0v) is 13.1. The minimum absolute atomic E-state index is 0.0423. The van der Waals surface area contributed by atoms with Gasteiger partial charge in [-0.15, -0.1) is 0 Å². The lowest BCUT2D eigenvalue weighted by Crippen LogP contribution is -2.42. The summed E-state index contributed by atoms with van der Waals surface area (Å²) in [6.45, 7) is 1.28. The average molecular weight is 402 g/mol. The van der Waals surface area contributed by atoms with Crippen LogP contribution in [0.4, 0.5) is 14.5 Å². The first-order valence-electron chi connectivity index (χ1n) is 5.26. The molecule has 0 bridgehead atoms. The van der Waals surface area contributed by atoms with Crippen LogP contribution in [0.25, 0.3) is 0 Å². The van der Waals surface area contributed by atoms with E-state index >= 15 is 0 Å². The van der Waals surface area contributed by atoms with Gasteiger partial charge in [-0.05, 0) is 35.0 Å². The summed E-state index contributed by atoms with van der Waals surface area (Å²) in [4.78, 5) is 11.2. The van der Waals surface area contributed by atoms with Gasteiger partial charge in [-0.2, -0.15) is 8.78 Å². The van der Waals surface area contributed by atoms with E-state index in [0.29, 0.717) is 8.95 Å². The number of ether oxygens (including phenoxy) is 1. The van der Waals surface area contributed by atoms with E-state index in [1.807, 2.05) is 0 Å². The van der Waals surface area contributed by atoms with Crippen molar-refractivity contribution in [1.29, 1.82) is 0 Å². The van der Waals surface area contributed by atoms with Crippen molar-refractivity contribution in [2.24, 2.45) is 5.73 Å². The summed E-state index contributed by atoms with van der Waals surface area (Å²) < 4.78 is 32.9. The summed E-state index contributed by atoms with van der Waals surface area (Å²) in [5, 5.41) is 0. The first kappa shape index (κ1) is 16.3. The van der Waals surface area contributed by atoms with Gasteiger partial charge in [0.25, 0.3) is 0 Å². The molecular weight excluding hydrogens is 390 g/mol. The standard InChI is InChI=1S/C11H12Br2F2N2O2/c1-2-19-10(18)11(14,15)9(17)6-3-5(12)4-7(13)8(6)16/h3-4,9H,2,16-17H2,1H3/t9-/m1/s1. The van der Waals surface area contributed by atoms with Crippen LogP contribution in [0.1, 0.15) is 18.5 Å². The summed E-state index contributed by atoms with van der Waals surface area (Å²) in [5.41, 5.74) is 11.2. The molecule has 0 heterocycles. The molecule has 0 aliphatic rings. The number of halogens is 4. The van der Waals surface area contributed by atoms with Crippen LogP contribution < -0.4 is 11.5 Å². The van der Waals surface area contributed by atoms with E-state index in [0.717, 1.165) is 0 Å². The monoisotopic (exact) mass is 400 g/mol. The maximum atomic E-state index is 13.8. The van der Waals surface area contributed by atoms with Crippen molar-refractivity contribution in [2.45, 2.75) is 18.9 Å². The molecule has 0 aliphatic heterocycles. The van der Waals surface area contributed by atoms with Crippen LogP contribution in [0.5, 0.6) is 0 Å². The second-order valence-electron chi connectivity index (χ2n) is 3.71. The van der Waals surface area contributed by atoms with E-state index in [9.17, 15) is 13.6 Å². The highest BCUT2D eigenvalue weighted by Crippen LogP contribution is 2.38. The Morgan fingerprint density at radius 1 is 1.47 bits per heavy atom. The van der Waals surface area contributed by atoms with Crippen molar-refractivity contribution in [3.63, 3.8) is 0 Å². The Morgan fingerprint density at radius 3 is 2.58 bits per heavy atom. The lowest BCUT2D eigenvalue weighted by Gasteiger charge is -2.23. The SMILES string of the molecule is CCOC(=O)C(F)(F)[C@H](N)c1cc(Br)cc(Br)c1N. The molecule has 4 nitrogen and oxygen atoms in total. The molecule has 1 aromatic carbocycles. The molecule has 0 saturated carbocycles. The smallest absolute Gasteiger partial charge is 0.379 e. The Morgan fingerprint density at radius 2 is 2.05 bits per heavy atom. The van der Waals surface area contributed by atoms with E-state index in [1.165, 1.54) is 13.0 Å². The molecule has 1 aromatic rings. The fraction of sp³-hybridized carbons (Fsp3) is 0.364. The highest BCUT2D eigenvalue weighted by molar-refractivity contribution is 9.11. The first-order valence-corrected chi connectivity index (χ1v) is 6.85. The highest BCUT2D eigenvalue weighted by atomic mass is 79.9. The molecule has 0 amide bonds. The van der Waals surface area contributed by atoms with Crippen molar-refractivity contribution in [1.82, 2.24) is 0 Å². The molecule has 0 radical (unpaired) electrons. The van der Waals surface area contributed by atoms with E-state index in [4.69, 9.17) is 11.5 Å². The summed E-state index contributed by atoms with van der Waals surface area (Å²) in [6, 6.07) is 1.05. The maximum Gasteiger partial charge on any atom is 0.379 e. The number of nitrogens with two attached hydrogens (primary N) is 2. The summed E-state index contributed by atoms with van der Waals surface area (Å²) in [5.74, 6) is -5.53. The van der Waals surface area contributed by atoms with Gasteiger partial charge in [-0.1, -0.05) is 15.9 Å². The molecule has 0 fully saturated rings. The molecule has 0 spiro atoms. The lowest BCUT2D eigenvalue weighted by atomic mass is 10.00. The molecule has 19 heavy (non-hydrogen) atoms. The zero-order chi connectivity index (χ0) is 14.8. The van der Waals surface area contributed by atoms with Gasteiger partial charge in [0.15, 0.2) is 0 Å². The van der Waals surface area contributed by atoms with Crippen LogP contribution in [0, 0.1) is 0 Å². The number of esters is 1. The molecule has 0 unspecified atom stereocenters. The quantitative estimate of drug-likeness (QED) is 0.600. The third-order valence-electron chi connectivity index (χ3n) is 2.40. The number of alkyl halides is 2. The molecule has 0 aromatic heterocycles. The van der Waals surface area contributed by atoms with Crippen LogP contribution in [0.15, 0.2) is 21.1 Å². The predicted octanol–water partition coefficient (Wildman–Crippen LogP) is 2.99. The molecule has 0 aliphatic carbocycles. The Kier molecular flexibility index (Phi) is 5.28. The molecule has 1 atom stereocenters. The van der Waals surface area contributed by atoms with Gasteiger partial charge in [-0.25, -0.2) is 4.79 Å². The second kappa shape index (κ2) is 6.15. The normalized spacial score (nSPS) is 13.2. The topological polar surface area (TPSA) is 78.3 Å². The van der Waals surface area contributed by atoms with Crippen molar-refractivity contribution in [3.05, 3.63) is 26.6 Å². The number of carbonyl (C=O) groups excluding carboxylic acids is 1. The van der Waals surface area contributed by atoms with E-state index in [1.54, 1.807) is 6.07 Å². The second-order valence-corrected chi connectivity index (χ2v) is 5.48. The van der Waals surface area contributed by atoms with Crippen molar-refractivity contribution in [2.75, 3.05) is 12.3 Å². The van der Waals surface area contributed by atoms with Crippen molar-refractivity contribution < 1.29 is 18.3 Å². The van der Waals surface area contributed by atoms with Gasteiger partial charge in [0, 0.05) is 14.5 Å². The zero-order valence-electron chi connectivity index (χ0n) is 9.92. The van der Waals surface area contributed by atoms with Gasteiger partial charge in [0.2, 0.25) is 0 Å². The highest BCUT2D eigenvalue weighted by Gasteiger charge is 2.48. The minimum atomic E-state index is -3.86. The van der Waals surface area contributed by atoms with Crippen LogP contribution in [0.3, 0.4) is 0 Å². The van der Waals surface area contributed by atoms with Gasteiger partial charge in [0.05, 0.1) is 12.3 Å². The van der Waals surface area contributed by atoms with Crippen molar-refractivity contribution in [3.8, 4) is 0 Å². The van der Waals surface area contributed by atoms with Crippen molar-refractivity contribution >= 4 is 43.5 Å². The largest absolute Gasteiger partial charge is 0.462 e. The number of benzene rings is 1. The summed E-state index contributed by atoms with van der Waals surface area (Å²) in [6.07, 6.45) is 0. The summed E-state index contributed by atoms with van der Waals surface area (Å²) >= 11 is 6.28. The molecule has 8 heteroatoms. The fourth-order valence-corrected chi connectivity index (χ4v) is 2.67.